The number of anilines is 1. The molecule has 244 valence electrons. The van der Waals surface area contributed by atoms with Gasteiger partial charge in [-0.2, -0.15) is 10.1 Å². The number of hydrazone groups is 1. The van der Waals surface area contributed by atoms with Gasteiger partial charge in [0.2, 0.25) is 0 Å². The van der Waals surface area contributed by atoms with Gasteiger partial charge in [-0.1, -0.05) is 115 Å². The summed E-state index contributed by atoms with van der Waals surface area (Å²) in [7, 11) is -2.09. The molecule has 0 saturated carbocycles. The molecule has 0 aromatic heterocycles. The van der Waals surface area contributed by atoms with Crippen LogP contribution in [0, 0.1) is 17.8 Å². The molecule has 5 nitrogen and oxygen atoms in total. The van der Waals surface area contributed by atoms with Gasteiger partial charge in [-0.15, -0.1) is 12.3 Å². The molecule has 2 aliphatic rings. The van der Waals surface area contributed by atoms with Crippen molar-refractivity contribution in [3.05, 3.63) is 150 Å². The van der Waals surface area contributed by atoms with Crippen LogP contribution >= 0.6 is 0 Å². The summed E-state index contributed by atoms with van der Waals surface area (Å²) in [4.78, 5) is 17.1. The van der Waals surface area contributed by atoms with Crippen molar-refractivity contribution >= 4 is 25.6 Å². The van der Waals surface area contributed by atoms with Crippen molar-refractivity contribution in [2.45, 2.75) is 63.4 Å². The quantitative estimate of drug-likeness (QED) is 0.120. The van der Waals surface area contributed by atoms with E-state index in [9.17, 15) is 4.79 Å². The molecule has 2 aliphatic heterocycles. The van der Waals surface area contributed by atoms with Crippen molar-refractivity contribution in [2.24, 2.45) is 10.5 Å². The van der Waals surface area contributed by atoms with E-state index in [-0.39, 0.29) is 24.3 Å². The predicted octanol–water partition coefficient (Wildman–Crippen LogP) is 8.98. The van der Waals surface area contributed by atoms with Gasteiger partial charge in [0.1, 0.15) is 11.0 Å². The Bertz CT molecular complexity index is 1760. The highest BCUT2D eigenvalue weighted by Crippen LogP contribution is 2.49. The van der Waals surface area contributed by atoms with E-state index in [1.807, 2.05) is 55.5 Å². The Morgan fingerprint density at radius 2 is 1.46 bits per heavy atom. The number of carbonyl (C=O) groups is 1. The first-order valence-electron chi connectivity index (χ1n) is 16.9. The Morgan fingerprint density at radius 1 is 0.917 bits per heavy atom. The Kier molecular flexibility index (Phi) is 9.55. The number of hydrogen-bond donors (Lipinski definition) is 0. The molecule has 1 fully saturated rings. The van der Waals surface area contributed by atoms with Crippen LogP contribution in [0.15, 0.2) is 139 Å². The molecule has 2 heterocycles. The van der Waals surface area contributed by atoms with Crippen molar-refractivity contribution < 1.29 is 9.22 Å². The van der Waals surface area contributed by atoms with E-state index >= 15 is 0 Å². The normalized spacial score (nSPS) is 20.6. The molecule has 0 radical (unpaired) electrons. The number of benzene rings is 4. The molecule has 4 aromatic carbocycles. The molecule has 1 amide bonds. The highest BCUT2D eigenvalue weighted by Gasteiger charge is 2.55. The van der Waals surface area contributed by atoms with Gasteiger partial charge in [-0.25, -0.2) is 0 Å². The van der Waals surface area contributed by atoms with Gasteiger partial charge in [0.05, 0.1) is 17.4 Å². The van der Waals surface area contributed by atoms with Crippen molar-refractivity contribution in [3.8, 4) is 12.3 Å². The molecule has 2 unspecified atom stereocenters. The van der Waals surface area contributed by atoms with Crippen LogP contribution in [0.25, 0.3) is 0 Å². The van der Waals surface area contributed by atoms with Gasteiger partial charge >= 0.3 is 0 Å². The average molecular weight is 652 g/mol. The van der Waals surface area contributed by atoms with Crippen molar-refractivity contribution in [1.82, 2.24) is 4.90 Å². The molecule has 0 N–H and O–H groups in total. The van der Waals surface area contributed by atoms with Gasteiger partial charge < -0.3 is 9.33 Å². The van der Waals surface area contributed by atoms with Crippen LogP contribution in [0.1, 0.15) is 48.8 Å². The second-order valence-electron chi connectivity index (χ2n) is 13.8. The summed E-state index contributed by atoms with van der Waals surface area (Å²) in [6, 6.07) is 41.3. The van der Waals surface area contributed by atoms with Crippen molar-refractivity contribution in [3.63, 3.8) is 0 Å². The third-order valence-electron chi connectivity index (χ3n) is 9.65. The van der Waals surface area contributed by atoms with E-state index in [1.165, 1.54) is 5.01 Å². The average Bonchev–Trinajstić information content (AvgIpc) is 3.68. The first kappa shape index (κ1) is 33.2. The fourth-order valence-electron chi connectivity index (χ4n) is 7.62. The zero-order chi connectivity index (χ0) is 33.8. The summed E-state index contributed by atoms with van der Waals surface area (Å²) in [5, 5.41) is 6.39. The van der Waals surface area contributed by atoms with Crippen LogP contribution in [0.2, 0.25) is 19.6 Å². The van der Waals surface area contributed by atoms with Gasteiger partial charge in [0.25, 0.3) is 5.91 Å². The lowest BCUT2D eigenvalue weighted by Crippen LogP contribution is -2.53. The van der Waals surface area contributed by atoms with E-state index in [1.54, 1.807) is 0 Å². The molecular formula is C42H45N3O2Si. The maximum atomic E-state index is 14.6. The minimum Gasteiger partial charge on any atom is -0.402 e. The van der Waals surface area contributed by atoms with Gasteiger partial charge in [0, 0.05) is 18.9 Å². The number of rotatable bonds is 11. The minimum atomic E-state index is -2.09. The monoisotopic (exact) mass is 651 g/mol. The first-order chi connectivity index (χ1) is 23.2. The maximum absolute atomic E-state index is 14.6. The fraction of sp³-hybridized carbons (Fsp3) is 0.286. The Hall–Kier alpha value is -4.70. The molecule has 1 saturated heterocycles. The molecule has 0 spiro atoms. The molecule has 6 rings (SSSR count). The minimum absolute atomic E-state index is 0.0279. The number of hydrogen-bond acceptors (Lipinski definition) is 4. The number of nitrogens with zero attached hydrogens (tertiary/aromatic N) is 3. The molecule has 48 heavy (non-hydrogen) atoms. The third kappa shape index (κ3) is 6.16. The summed E-state index contributed by atoms with van der Waals surface area (Å²) in [5.41, 5.74) is 3.05. The van der Waals surface area contributed by atoms with Crippen LogP contribution in [0.3, 0.4) is 0 Å². The molecular weight excluding hydrogens is 607 g/mol. The van der Waals surface area contributed by atoms with E-state index in [2.05, 4.69) is 116 Å². The number of amides is 1. The smallest absolute Gasteiger partial charge is 0.261 e. The molecule has 3 atom stereocenters. The lowest BCUT2D eigenvalue weighted by Gasteiger charge is -2.47. The van der Waals surface area contributed by atoms with Gasteiger partial charge in [-0.05, 0) is 74.4 Å². The number of terminal acetylenes is 1. The highest BCUT2D eigenvalue weighted by atomic mass is 28.4. The first-order valence-corrected chi connectivity index (χ1v) is 20.3. The van der Waals surface area contributed by atoms with Crippen LogP contribution in [-0.4, -0.2) is 37.4 Å². The maximum Gasteiger partial charge on any atom is 0.261 e. The fourth-order valence-corrected chi connectivity index (χ4v) is 8.96. The predicted molar refractivity (Wildman–Crippen MR) is 199 cm³/mol. The van der Waals surface area contributed by atoms with Crippen molar-refractivity contribution in [1.29, 1.82) is 0 Å². The second-order valence-corrected chi connectivity index (χ2v) is 18.2. The topological polar surface area (TPSA) is 45.1 Å². The van der Waals surface area contributed by atoms with Gasteiger partial charge in [-0.3, -0.25) is 4.79 Å². The standard InChI is InChI=1S/C42H45N3O2Si/c1-6-30-41(33(2)43-45(40(41)46)37-26-17-10-18-27-37)38(34-20-11-7-12-21-34)29-32-44-31-19-28-39(44)42(47-48(3,4)5,35-22-13-8-14-23-35)36-24-15-9-16-25-36/h1,7-18,20-27,29,32,38-39H,19,28,30-31H2,2-5H3/b32-29+/t38?,39-,41?/m0/s1. The van der Waals surface area contributed by atoms with Crippen molar-refractivity contribution in [2.75, 3.05) is 11.6 Å². The summed E-state index contributed by atoms with van der Waals surface area (Å²) in [6.45, 7) is 9.62. The lowest BCUT2D eigenvalue weighted by atomic mass is 9.66. The number of allylic oxidation sites excluding steroid dienone is 1. The van der Waals surface area contributed by atoms with E-state index in [4.69, 9.17) is 16.0 Å². The molecule has 4 aromatic rings. The SMILES string of the molecule is C#CCC1(C(/C=C/N2CCC[C@H]2C(O[Si](C)(C)C)(c2ccccc2)c2ccccc2)c2ccccc2)C(=O)N(c2ccccc2)N=C1C. The molecule has 0 aliphatic carbocycles. The van der Waals surface area contributed by atoms with E-state index in [0.717, 1.165) is 47.5 Å². The van der Waals surface area contributed by atoms with E-state index < -0.39 is 19.3 Å². The van der Waals surface area contributed by atoms with Gasteiger partial charge in [0.15, 0.2) is 8.32 Å². The zero-order valence-corrected chi connectivity index (χ0v) is 29.4. The van der Waals surface area contributed by atoms with Crippen LogP contribution < -0.4 is 5.01 Å². The van der Waals surface area contributed by atoms with Crippen LogP contribution in [0.5, 0.6) is 0 Å². The second kappa shape index (κ2) is 13.8. The summed E-state index contributed by atoms with van der Waals surface area (Å²) in [6.07, 6.45) is 12.7. The highest BCUT2D eigenvalue weighted by molar-refractivity contribution is 6.69. The van der Waals surface area contributed by atoms with E-state index in [0.29, 0.717) is 0 Å². The Balaban J connectivity index is 1.48. The summed E-state index contributed by atoms with van der Waals surface area (Å²) >= 11 is 0. The number of para-hydroxylation sites is 1. The number of carbonyl (C=O) groups excluding carboxylic acids is 1. The summed E-state index contributed by atoms with van der Waals surface area (Å²) in [5.74, 6) is 2.42. The van der Waals surface area contributed by atoms with Crippen LogP contribution in [-0.2, 0) is 14.8 Å². The zero-order valence-electron chi connectivity index (χ0n) is 28.4. The Morgan fingerprint density at radius 3 is 2.00 bits per heavy atom. The lowest BCUT2D eigenvalue weighted by molar-refractivity contribution is -0.124. The largest absolute Gasteiger partial charge is 0.402 e. The summed E-state index contributed by atoms with van der Waals surface area (Å²) < 4.78 is 7.42. The number of likely N-dealkylation sites (tertiary alicyclic amines) is 1. The van der Waals surface area contributed by atoms with Crippen LogP contribution in [0.4, 0.5) is 5.69 Å². The Labute approximate surface area is 287 Å². The molecule has 0 bridgehead atoms. The third-order valence-corrected chi connectivity index (χ3v) is 10.6. The molecule has 6 heteroatoms.